The summed E-state index contributed by atoms with van der Waals surface area (Å²) in [4.78, 5) is 13.9. The highest BCUT2D eigenvalue weighted by molar-refractivity contribution is 8.05. The number of para-hydroxylation sites is 4. The molecule has 4 heterocycles. The van der Waals surface area contributed by atoms with Crippen LogP contribution in [-0.4, -0.2) is 5.11 Å². The molecule has 14 rings (SSSR count). The van der Waals surface area contributed by atoms with Crippen molar-refractivity contribution < 1.29 is 24.1 Å². The number of benzene rings is 10. The monoisotopic (exact) mass is 992 g/mol. The number of anilines is 6. The zero-order valence-corrected chi connectivity index (χ0v) is 40.6. The molecule has 71 heavy (non-hydrogen) atoms. The highest BCUT2D eigenvalue weighted by Gasteiger charge is 2.30. The van der Waals surface area contributed by atoms with Crippen LogP contribution in [0.3, 0.4) is 0 Å². The van der Waals surface area contributed by atoms with Crippen LogP contribution in [0.5, 0.6) is 51.7 Å². The van der Waals surface area contributed by atoms with Gasteiger partial charge in [-0.2, -0.15) is 0 Å². The number of rotatable bonds is 7. The van der Waals surface area contributed by atoms with Gasteiger partial charge in [-0.1, -0.05) is 126 Å². The van der Waals surface area contributed by atoms with Gasteiger partial charge in [0, 0.05) is 74.3 Å². The number of phenols is 1. The van der Waals surface area contributed by atoms with E-state index in [9.17, 15) is 5.11 Å². The molecule has 0 atom stereocenters. The van der Waals surface area contributed by atoms with E-state index < -0.39 is 0 Å². The van der Waals surface area contributed by atoms with Gasteiger partial charge in [0.1, 0.15) is 5.75 Å². The summed E-state index contributed by atoms with van der Waals surface area (Å²) in [7, 11) is 0. The molecule has 0 unspecified atom stereocenters. The van der Waals surface area contributed by atoms with Crippen molar-refractivity contribution in [1.82, 2.24) is 0 Å². The van der Waals surface area contributed by atoms with Crippen molar-refractivity contribution in [3.63, 3.8) is 0 Å². The summed E-state index contributed by atoms with van der Waals surface area (Å²) in [6, 6.07) is 71.8. The molecule has 4 aliphatic heterocycles. The third kappa shape index (κ3) is 7.60. The van der Waals surface area contributed by atoms with Crippen LogP contribution in [0.1, 0.15) is 0 Å². The second kappa shape index (κ2) is 17.3. The Morgan fingerprint density at radius 2 is 0.648 bits per heavy atom. The molecule has 11 heteroatoms. The summed E-state index contributed by atoms with van der Waals surface area (Å²) >= 11 is 7.08. The van der Waals surface area contributed by atoms with Gasteiger partial charge in [0.2, 0.25) is 0 Å². The van der Waals surface area contributed by atoms with Crippen LogP contribution < -0.4 is 28.7 Å². The molecule has 0 saturated carbocycles. The first-order valence-corrected chi connectivity index (χ1v) is 26.2. The Hall–Kier alpha value is -7.80. The maximum atomic E-state index is 12.9. The van der Waals surface area contributed by atoms with Gasteiger partial charge >= 0.3 is 0 Å². The fourth-order valence-electron chi connectivity index (χ4n) is 9.30. The van der Waals surface area contributed by atoms with Crippen molar-refractivity contribution >= 4 is 81.2 Å². The summed E-state index contributed by atoms with van der Waals surface area (Å²) in [6.45, 7) is 0. The first-order chi connectivity index (χ1) is 35.0. The Morgan fingerprint density at radius 3 is 1.15 bits per heavy atom. The summed E-state index contributed by atoms with van der Waals surface area (Å²) in [5.74, 6) is 5.08. The number of aromatic hydroxyl groups is 1. The molecule has 340 valence electrons. The molecule has 10 aromatic rings. The summed E-state index contributed by atoms with van der Waals surface area (Å²) in [6.07, 6.45) is 0. The maximum Gasteiger partial charge on any atom is 0.172 e. The molecule has 0 spiro atoms. The summed E-state index contributed by atoms with van der Waals surface area (Å²) < 4.78 is 25.9. The normalized spacial score (nSPS) is 13.1. The van der Waals surface area contributed by atoms with Gasteiger partial charge in [0.15, 0.2) is 46.0 Å². The third-order valence-corrected chi connectivity index (χ3v) is 17.6. The number of hydrogen-bond donors (Lipinski definition) is 1. The first kappa shape index (κ1) is 42.1. The van der Waals surface area contributed by atoms with Gasteiger partial charge in [-0.3, -0.25) is 0 Å². The third-order valence-electron chi connectivity index (χ3n) is 12.5. The molecule has 0 aliphatic carbocycles. The van der Waals surface area contributed by atoms with Gasteiger partial charge in [0.05, 0.1) is 22.7 Å². The van der Waals surface area contributed by atoms with Gasteiger partial charge < -0.3 is 33.9 Å². The fraction of sp³-hybridized carbons (Fsp3) is 0. The predicted octanol–water partition coefficient (Wildman–Crippen LogP) is 19.0. The Labute approximate surface area is 426 Å². The SMILES string of the molecule is Oc1cc(N(c2ccc3c(c2)Oc2ccccc2O3)c2ccc3c(c2)Sc2ccccc2S3)cc(N(c2ccc3c(c2)Oc2ccccc2O3)c2ccc3c(c2)Sc2ccccc2S3)c1-c1ccccc1. The van der Waals surface area contributed by atoms with Crippen molar-refractivity contribution in [3.8, 4) is 62.9 Å². The minimum atomic E-state index is 0.102. The first-order valence-electron chi connectivity index (χ1n) is 22.9. The average molecular weight is 993 g/mol. The zero-order chi connectivity index (χ0) is 47.0. The van der Waals surface area contributed by atoms with Crippen molar-refractivity contribution in [1.29, 1.82) is 0 Å². The average Bonchev–Trinajstić information content (AvgIpc) is 3.41. The molecule has 7 nitrogen and oxygen atoms in total. The van der Waals surface area contributed by atoms with Crippen LogP contribution in [-0.2, 0) is 0 Å². The Balaban J connectivity index is 0.984. The van der Waals surface area contributed by atoms with E-state index in [-0.39, 0.29) is 5.75 Å². The smallest absolute Gasteiger partial charge is 0.172 e. The molecular weight excluding hydrogens is 957 g/mol. The molecular formula is C60H36N2O5S4. The van der Waals surface area contributed by atoms with Crippen molar-refractivity contribution in [2.24, 2.45) is 0 Å². The van der Waals surface area contributed by atoms with E-state index in [1.54, 1.807) is 47.0 Å². The molecule has 0 fully saturated rings. The van der Waals surface area contributed by atoms with Crippen LogP contribution in [0.4, 0.5) is 34.1 Å². The lowest BCUT2D eigenvalue weighted by molar-refractivity contribution is 0.359. The van der Waals surface area contributed by atoms with Crippen LogP contribution in [0.2, 0.25) is 0 Å². The zero-order valence-electron chi connectivity index (χ0n) is 37.3. The molecule has 1 N–H and O–H groups in total. The molecule has 10 aromatic carbocycles. The summed E-state index contributed by atoms with van der Waals surface area (Å²) in [5, 5.41) is 12.9. The van der Waals surface area contributed by atoms with Crippen LogP contribution in [0.15, 0.2) is 251 Å². The topological polar surface area (TPSA) is 63.6 Å². The largest absolute Gasteiger partial charge is 0.507 e. The van der Waals surface area contributed by atoms with E-state index >= 15 is 0 Å². The lowest BCUT2D eigenvalue weighted by atomic mass is 9.99. The number of phenolic OH excluding ortho intramolecular Hbond substituents is 1. The van der Waals surface area contributed by atoms with Gasteiger partial charge in [0.25, 0.3) is 0 Å². The van der Waals surface area contributed by atoms with Gasteiger partial charge in [-0.15, -0.1) is 0 Å². The minimum Gasteiger partial charge on any atom is -0.507 e. The standard InChI is InChI=1S/C60H36N2O5S4/c63-43-31-41(61(37-22-26-48-50(32-37)66-46-16-6-4-14-44(46)64-48)39-24-28-56-58(34-39)70-54-20-10-8-18-52(54)68-56)30-42(60(43)36-12-2-1-3-13-36)62(38-23-27-49-51(33-38)67-47-17-7-5-15-45(47)65-49)40-25-29-57-59(35-40)71-55-21-11-9-19-53(55)69-57/h1-35,63H. The molecule has 0 amide bonds. The second-order valence-electron chi connectivity index (χ2n) is 17.0. The summed E-state index contributed by atoms with van der Waals surface area (Å²) in [5.41, 5.74) is 6.38. The predicted molar refractivity (Wildman–Crippen MR) is 285 cm³/mol. The lowest BCUT2D eigenvalue weighted by Gasteiger charge is -2.33. The van der Waals surface area contributed by atoms with Crippen molar-refractivity contribution in [3.05, 3.63) is 212 Å². The van der Waals surface area contributed by atoms with E-state index in [0.29, 0.717) is 51.6 Å². The Kier molecular flexibility index (Phi) is 10.2. The van der Waals surface area contributed by atoms with E-state index in [0.717, 1.165) is 49.5 Å². The number of ether oxygens (including phenoxy) is 4. The van der Waals surface area contributed by atoms with Crippen LogP contribution in [0, 0.1) is 0 Å². The molecule has 0 bridgehead atoms. The molecule has 0 radical (unpaired) electrons. The van der Waals surface area contributed by atoms with Crippen LogP contribution in [0.25, 0.3) is 11.1 Å². The maximum absolute atomic E-state index is 12.9. The Bertz CT molecular complexity index is 3600. The highest BCUT2D eigenvalue weighted by atomic mass is 32.2. The van der Waals surface area contributed by atoms with Crippen molar-refractivity contribution in [2.45, 2.75) is 39.2 Å². The van der Waals surface area contributed by atoms with Gasteiger partial charge in [-0.05, 0) is 121 Å². The van der Waals surface area contributed by atoms with E-state index in [2.05, 4.69) is 107 Å². The van der Waals surface area contributed by atoms with Crippen LogP contribution >= 0.6 is 47.0 Å². The van der Waals surface area contributed by atoms with E-state index in [4.69, 9.17) is 18.9 Å². The lowest BCUT2D eigenvalue weighted by Crippen LogP contribution is -2.15. The molecule has 0 aromatic heterocycles. The van der Waals surface area contributed by atoms with E-state index in [1.807, 2.05) is 115 Å². The van der Waals surface area contributed by atoms with Gasteiger partial charge in [-0.25, -0.2) is 0 Å². The molecule has 4 aliphatic rings. The number of fused-ring (bicyclic) bond motifs is 8. The molecule has 0 saturated heterocycles. The number of nitrogens with zero attached hydrogens (tertiary/aromatic N) is 2. The van der Waals surface area contributed by atoms with E-state index in [1.165, 1.54) is 29.4 Å². The number of hydrogen-bond acceptors (Lipinski definition) is 11. The van der Waals surface area contributed by atoms with Crippen molar-refractivity contribution in [2.75, 3.05) is 9.80 Å². The quantitative estimate of drug-likeness (QED) is 0.166. The second-order valence-corrected chi connectivity index (χ2v) is 21.4. The highest BCUT2D eigenvalue weighted by Crippen LogP contribution is 2.57. The Morgan fingerprint density at radius 1 is 0.282 bits per heavy atom. The minimum absolute atomic E-state index is 0.102. The fourth-order valence-corrected chi connectivity index (χ4v) is 13.8.